The van der Waals surface area contributed by atoms with Gasteiger partial charge in [0.25, 0.3) is 0 Å². The van der Waals surface area contributed by atoms with Gasteiger partial charge >= 0.3 is 5.91 Å². The molecule has 1 aromatic carbocycles. The molecule has 0 aromatic heterocycles. The van der Waals surface area contributed by atoms with E-state index in [1.54, 1.807) is 6.20 Å². The van der Waals surface area contributed by atoms with Crippen molar-refractivity contribution < 1.29 is 9.28 Å². The topological polar surface area (TPSA) is 17.1 Å². The first-order valence-electron chi connectivity index (χ1n) is 5.55. The van der Waals surface area contributed by atoms with Crippen LogP contribution in [-0.2, 0) is 4.79 Å². The molecule has 2 rings (SSSR count). The van der Waals surface area contributed by atoms with Crippen LogP contribution in [0.5, 0.6) is 0 Å². The minimum Gasteiger partial charge on any atom is -0.230 e. The predicted molar refractivity (Wildman–Crippen MR) is 65.0 cm³/mol. The van der Waals surface area contributed by atoms with Crippen LogP contribution >= 0.6 is 0 Å². The van der Waals surface area contributed by atoms with E-state index < -0.39 is 0 Å². The van der Waals surface area contributed by atoms with Gasteiger partial charge in [0.2, 0.25) is 0 Å². The summed E-state index contributed by atoms with van der Waals surface area (Å²) in [6.45, 7) is 4.62. The third-order valence-electron chi connectivity index (χ3n) is 3.04. The molecule has 1 amide bonds. The molecule has 82 valence electrons. The average molecular weight is 214 g/mol. The zero-order valence-corrected chi connectivity index (χ0v) is 9.30. The molecule has 1 saturated heterocycles. The summed E-state index contributed by atoms with van der Waals surface area (Å²) in [7, 11) is 0. The number of benzene rings is 1. The minimum absolute atomic E-state index is 0.238. The second-order valence-corrected chi connectivity index (χ2v) is 4.06. The second-order valence-electron chi connectivity index (χ2n) is 4.06. The Morgan fingerprint density at radius 1 is 1.25 bits per heavy atom. The molecule has 0 bridgehead atoms. The molecule has 16 heavy (non-hydrogen) atoms. The van der Waals surface area contributed by atoms with Crippen molar-refractivity contribution in [2.45, 2.75) is 12.8 Å². The summed E-state index contributed by atoms with van der Waals surface area (Å²) in [5.74, 6) is 0.238. The fourth-order valence-corrected chi connectivity index (χ4v) is 2.02. The van der Waals surface area contributed by atoms with Crippen LogP contribution in [0.4, 0.5) is 0 Å². The maximum absolute atomic E-state index is 11.8. The molecule has 1 aromatic rings. The van der Waals surface area contributed by atoms with E-state index in [0.717, 1.165) is 18.5 Å². The van der Waals surface area contributed by atoms with E-state index in [2.05, 4.69) is 6.58 Å². The number of hydrogen-bond acceptors (Lipinski definition) is 1. The highest BCUT2D eigenvalue weighted by molar-refractivity contribution is 5.72. The van der Waals surface area contributed by atoms with Crippen molar-refractivity contribution in [2.75, 3.05) is 6.54 Å². The van der Waals surface area contributed by atoms with Gasteiger partial charge in [0.1, 0.15) is 12.4 Å². The van der Waals surface area contributed by atoms with Crippen molar-refractivity contribution >= 4 is 12.0 Å². The van der Waals surface area contributed by atoms with Gasteiger partial charge in [0, 0.05) is 6.42 Å². The van der Waals surface area contributed by atoms with Crippen LogP contribution in [-0.4, -0.2) is 16.9 Å². The maximum Gasteiger partial charge on any atom is 0.323 e. The molecule has 1 aliphatic heterocycles. The second kappa shape index (κ2) is 4.45. The highest BCUT2D eigenvalue weighted by atomic mass is 16.2. The Bertz CT molecular complexity index is 422. The molecule has 0 aliphatic carbocycles. The highest BCUT2D eigenvalue weighted by Crippen LogP contribution is 2.23. The van der Waals surface area contributed by atoms with Gasteiger partial charge in [0.05, 0.1) is 13.0 Å². The molecule has 1 atom stereocenters. The van der Waals surface area contributed by atoms with Crippen LogP contribution in [0.1, 0.15) is 18.4 Å². The number of rotatable bonds is 3. The smallest absolute Gasteiger partial charge is 0.230 e. The number of carbonyl (C=O) groups excluding carboxylic acids is 1. The van der Waals surface area contributed by atoms with Gasteiger partial charge in [-0.1, -0.05) is 30.3 Å². The molecule has 1 aliphatic rings. The van der Waals surface area contributed by atoms with E-state index in [0.29, 0.717) is 6.42 Å². The summed E-state index contributed by atoms with van der Waals surface area (Å²) in [5.41, 5.74) is 1.11. The van der Waals surface area contributed by atoms with Crippen molar-refractivity contribution in [3.63, 3.8) is 0 Å². The summed E-state index contributed by atoms with van der Waals surface area (Å²) >= 11 is 0. The lowest BCUT2D eigenvalue weighted by molar-refractivity contribution is -0.737. The Labute approximate surface area is 96.1 Å². The molecule has 0 spiro atoms. The lowest BCUT2D eigenvalue weighted by Crippen LogP contribution is -2.37. The largest absolute Gasteiger partial charge is 0.323 e. The Balaban J connectivity index is 2.22. The van der Waals surface area contributed by atoms with Crippen LogP contribution < -0.4 is 0 Å². The van der Waals surface area contributed by atoms with Gasteiger partial charge in [-0.2, -0.15) is 0 Å². The number of nitrogens with zero attached hydrogens (tertiary/aromatic N) is 1. The standard InChI is InChI=1S/C14H16NO/c1-2-15(11-6-9-14(15)16)12-10-13-7-4-3-5-8-13/h2-5,7-8,10,12H,1,6,9,11H2/q+1. The van der Waals surface area contributed by atoms with Gasteiger partial charge in [-0.3, -0.25) is 0 Å². The van der Waals surface area contributed by atoms with E-state index in [1.807, 2.05) is 42.6 Å². The lowest BCUT2D eigenvalue weighted by atomic mass is 10.2. The predicted octanol–water partition coefficient (Wildman–Crippen LogP) is 2.94. The van der Waals surface area contributed by atoms with Crippen molar-refractivity contribution in [3.8, 4) is 0 Å². The van der Waals surface area contributed by atoms with E-state index in [-0.39, 0.29) is 10.4 Å². The first kappa shape index (κ1) is 10.8. The normalized spacial score (nSPS) is 25.1. The Hall–Kier alpha value is -1.67. The number of amides is 1. The third-order valence-corrected chi connectivity index (χ3v) is 3.04. The minimum atomic E-state index is 0.238. The summed E-state index contributed by atoms with van der Waals surface area (Å²) < 4.78 is 0.287. The van der Waals surface area contributed by atoms with Gasteiger partial charge in [-0.25, -0.2) is 9.28 Å². The fraction of sp³-hybridized carbons (Fsp3) is 0.214. The van der Waals surface area contributed by atoms with Crippen molar-refractivity contribution in [3.05, 3.63) is 54.9 Å². The van der Waals surface area contributed by atoms with E-state index in [9.17, 15) is 4.79 Å². The van der Waals surface area contributed by atoms with Crippen LogP contribution in [0.25, 0.3) is 6.08 Å². The molecule has 0 saturated carbocycles. The van der Waals surface area contributed by atoms with Crippen LogP contribution in [0.3, 0.4) is 0 Å². The lowest BCUT2D eigenvalue weighted by Gasteiger charge is -2.20. The van der Waals surface area contributed by atoms with Gasteiger partial charge in [-0.15, -0.1) is 0 Å². The fourth-order valence-electron chi connectivity index (χ4n) is 2.02. The van der Waals surface area contributed by atoms with Crippen molar-refractivity contribution in [1.29, 1.82) is 0 Å². The summed E-state index contributed by atoms with van der Waals surface area (Å²) in [5, 5.41) is 0. The number of carbonyl (C=O) groups is 1. The SMILES string of the molecule is C=C[N+]1(C=Cc2ccccc2)CCCC1=O. The molecule has 2 heteroatoms. The molecule has 0 N–H and O–H groups in total. The summed E-state index contributed by atoms with van der Waals surface area (Å²) in [6.07, 6.45) is 7.27. The van der Waals surface area contributed by atoms with Gasteiger partial charge < -0.3 is 0 Å². The molecule has 0 radical (unpaired) electrons. The molecule has 2 nitrogen and oxygen atoms in total. The quantitative estimate of drug-likeness (QED) is 0.707. The number of likely N-dealkylation sites (tertiary alicyclic amines) is 1. The first-order valence-corrected chi connectivity index (χ1v) is 5.55. The van der Waals surface area contributed by atoms with Gasteiger partial charge in [0.15, 0.2) is 0 Å². The maximum atomic E-state index is 11.8. The molecular formula is C14H16NO+. The summed E-state index contributed by atoms with van der Waals surface area (Å²) in [6, 6.07) is 10.0. The van der Waals surface area contributed by atoms with E-state index >= 15 is 0 Å². The van der Waals surface area contributed by atoms with Crippen molar-refractivity contribution in [2.24, 2.45) is 0 Å². The zero-order chi connectivity index (χ0) is 11.4. The Morgan fingerprint density at radius 2 is 2.00 bits per heavy atom. The van der Waals surface area contributed by atoms with E-state index in [1.165, 1.54) is 0 Å². The van der Waals surface area contributed by atoms with Gasteiger partial charge in [-0.05, 0) is 18.2 Å². The van der Waals surface area contributed by atoms with Crippen LogP contribution in [0.15, 0.2) is 49.3 Å². The summed E-state index contributed by atoms with van der Waals surface area (Å²) in [4.78, 5) is 11.8. The van der Waals surface area contributed by atoms with Crippen LogP contribution in [0.2, 0.25) is 0 Å². The Morgan fingerprint density at radius 3 is 2.56 bits per heavy atom. The Kier molecular flexibility index (Phi) is 3.02. The average Bonchev–Trinajstić information content (AvgIpc) is 2.70. The first-order chi connectivity index (χ1) is 7.77. The highest BCUT2D eigenvalue weighted by Gasteiger charge is 2.37. The molecule has 1 fully saturated rings. The van der Waals surface area contributed by atoms with E-state index in [4.69, 9.17) is 0 Å². The van der Waals surface area contributed by atoms with Crippen LogP contribution in [0, 0.1) is 0 Å². The molecular weight excluding hydrogens is 198 g/mol. The number of hydrogen-bond donors (Lipinski definition) is 0. The molecule has 1 heterocycles. The molecule has 1 unspecified atom stereocenters. The van der Waals surface area contributed by atoms with Crippen molar-refractivity contribution in [1.82, 2.24) is 0 Å². The zero-order valence-electron chi connectivity index (χ0n) is 9.30. The number of quaternary nitrogens is 1. The monoisotopic (exact) mass is 214 g/mol. The third kappa shape index (κ3) is 1.97.